The predicted octanol–water partition coefficient (Wildman–Crippen LogP) is 1.41. The minimum absolute atomic E-state index is 0.0797. The quantitative estimate of drug-likeness (QED) is 0.239. The Hall–Kier alpha value is -2.86. The van der Waals surface area contributed by atoms with Gasteiger partial charge >= 0.3 is 0 Å². The third-order valence-corrected chi connectivity index (χ3v) is 8.88. The van der Waals surface area contributed by atoms with Crippen molar-refractivity contribution < 1.29 is 43.1 Å². The molecule has 1 saturated carbocycles. The molecule has 228 valence electrons. The van der Waals surface area contributed by atoms with Crippen LogP contribution in [-0.4, -0.2) is 94.4 Å². The molecule has 5 rings (SSSR count). The normalized spacial score (nSPS) is 28.1. The maximum atomic E-state index is 14.1. The second kappa shape index (κ2) is 12.4. The molecule has 1 aromatic carbocycles. The van der Waals surface area contributed by atoms with E-state index in [1.54, 1.807) is 0 Å². The lowest BCUT2D eigenvalue weighted by atomic mass is 9.88. The van der Waals surface area contributed by atoms with E-state index < -0.39 is 72.6 Å². The number of hydrogen-bond acceptors (Lipinski definition) is 11. The molecule has 42 heavy (non-hydrogen) atoms. The van der Waals surface area contributed by atoms with Crippen LogP contribution in [-0.2, 0) is 16.1 Å². The fraction of sp³-hybridized carbons (Fsp3) is 0.520. The number of thiazole rings is 1. The molecule has 7 atom stereocenters. The number of anilines is 1. The zero-order chi connectivity index (χ0) is 30.3. The van der Waals surface area contributed by atoms with E-state index in [0.717, 1.165) is 35.1 Å². The average Bonchev–Trinajstić information content (AvgIpc) is 3.56. The Morgan fingerprint density at radius 2 is 1.86 bits per heavy atom. The van der Waals surface area contributed by atoms with Gasteiger partial charge in [0.25, 0.3) is 5.91 Å². The Morgan fingerprint density at radius 3 is 2.48 bits per heavy atom. The highest BCUT2D eigenvalue weighted by Crippen LogP contribution is 2.35. The number of carbonyl (C=O) groups is 1. The van der Waals surface area contributed by atoms with Crippen LogP contribution in [0.25, 0.3) is 11.3 Å². The Kier molecular flexibility index (Phi) is 9.03. The van der Waals surface area contributed by atoms with Crippen LogP contribution in [0.2, 0.25) is 5.15 Å². The second-order valence-electron chi connectivity index (χ2n) is 10.2. The third-order valence-electron chi connectivity index (χ3n) is 7.59. The summed E-state index contributed by atoms with van der Waals surface area (Å²) < 4.78 is 47.8. The van der Waals surface area contributed by atoms with Crippen LogP contribution in [0.5, 0.6) is 0 Å². The van der Waals surface area contributed by atoms with E-state index in [0.29, 0.717) is 29.9 Å². The number of aromatic nitrogens is 4. The van der Waals surface area contributed by atoms with Crippen LogP contribution < -0.4 is 5.73 Å². The molecule has 0 radical (unpaired) electrons. The highest BCUT2D eigenvalue weighted by molar-refractivity contribution is 7.15. The molecule has 1 amide bonds. The van der Waals surface area contributed by atoms with Crippen molar-refractivity contribution in [3.05, 3.63) is 45.8 Å². The van der Waals surface area contributed by atoms with Gasteiger partial charge in [0.1, 0.15) is 35.2 Å². The molecule has 0 bridgehead atoms. The number of halogens is 4. The summed E-state index contributed by atoms with van der Waals surface area (Å²) in [6, 6.07) is -0.670. The number of rotatable bonds is 7. The Balaban J connectivity index is 1.48. The first kappa shape index (κ1) is 30.6. The lowest BCUT2D eigenvalue weighted by Gasteiger charge is -2.45. The molecule has 17 heteroatoms. The number of nitrogens with zero attached hydrogens (tertiary/aromatic N) is 5. The van der Waals surface area contributed by atoms with Gasteiger partial charge in [-0.3, -0.25) is 4.79 Å². The van der Waals surface area contributed by atoms with Gasteiger partial charge in [-0.05, 0) is 25.0 Å². The number of aliphatic hydroxyl groups excluding tert-OH is 4. The summed E-state index contributed by atoms with van der Waals surface area (Å²) in [7, 11) is 0. The number of nitrogen functional groups attached to an aromatic ring is 1. The minimum atomic E-state index is -1.77. The summed E-state index contributed by atoms with van der Waals surface area (Å²) in [5.41, 5.74) is 5.49. The first-order chi connectivity index (χ1) is 20.0. The van der Waals surface area contributed by atoms with Crippen molar-refractivity contribution in [3.8, 4) is 11.3 Å². The molecule has 0 unspecified atom stereocenters. The SMILES string of the molecule is Nc1nc(Cl)c(CN(C(=O)[C@@H]2O[C@H](CO)[C@H](O)[C@H](n3cc(-c4cc(F)c(F)c(F)c4)nn3)[C@H]2O)[C@H]2CCCC[C@@H]2O)s1. The van der Waals surface area contributed by atoms with Gasteiger partial charge in [0.05, 0.1) is 36.4 Å². The molecule has 12 nitrogen and oxygen atoms in total. The number of carbonyl (C=O) groups excluding carboxylic acids is 1. The number of nitrogens with two attached hydrogens (primary N) is 1. The lowest BCUT2D eigenvalue weighted by Crippen LogP contribution is -2.62. The van der Waals surface area contributed by atoms with Crippen LogP contribution in [0.4, 0.5) is 18.3 Å². The molecular formula is C25H28ClF3N6O6S. The summed E-state index contributed by atoms with van der Waals surface area (Å²) in [5, 5.41) is 51.0. The molecule has 1 aliphatic carbocycles. The molecule has 6 N–H and O–H groups in total. The Labute approximate surface area is 246 Å². The molecule has 2 aliphatic rings. The van der Waals surface area contributed by atoms with Gasteiger partial charge in [0.15, 0.2) is 28.7 Å². The van der Waals surface area contributed by atoms with Crippen molar-refractivity contribution in [2.24, 2.45) is 0 Å². The van der Waals surface area contributed by atoms with Crippen molar-refractivity contribution >= 4 is 34.0 Å². The highest BCUT2D eigenvalue weighted by atomic mass is 35.5. The fourth-order valence-corrected chi connectivity index (χ4v) is 6.50. The zero-order valence-electron chi connectivity index (χ0n) is 21.9. The summed E-state index contributed by atoms with van der Waals surface area (Å²) in [6.45, 7) is -0.847. The van der Waals surface area contributed by atoms with E-state index in [1.165, 1.54) is 4.90 Å². The monoisotopic (exact) mass is 632 g/mol. The molecular weight excluding hydrogens is 605 g/mol. The van der Waals surface area contributed by atoms with Gasteiger partial charge in [-0.15, -0.1) is 5.10 Å². The zero-order valence-corrected chi connectivity index (χ0v) is 23.4. The smallest absolute Gasteiger partial charge is 0.255 e. The van der Waals surface area contributed by atoms with E-state index in [-0.39, 0.29) is 28.1 Å². The first-order valence-corrected chi connectivity index (χ1v) is 14.3. The van der Waals surface area contributed by atoms with Gasteiger partial charge in [0, 0.05) is 5.56 Å². The molecule has 3 heterocycles. The maximum Gasteiger partial charge on any atom is 0.255 e. The minimum Gasteiger partial charge on any atom is -0.394 e. The standard InChI is InChI=1S/C25H28ClF3N6O6S/c26-23-17(42-25(30)31-23)8-34(14-3-1-2-4-15(14)37)24(40)22-21(39)19(20(38)16(9-36)41-22)35-7-13(32-33-35)10-5-11(27)18(29)12(28)6-10/h5-7,14-16,19-22,36-39H,1-4,8-9H2,(H2,30,31)/t14-,15-,16+,19-,20-,21+,22+/m0/s1. The Morgan fingerprint density at radius 1 is 1.17 bits per heavy atom. The average molecular weight is 633 g/mol. The van der Waals surface area contributed by atoms with Crippen LogP contribution in [0.15, 0.2) is 18.3 Å². The number of aliphatic hydroxyl groups is 4. The van der Waals surface area contributed by atoms with Gasteiger partial charge < -0.3 is 35.8 Å². The fourth-order valence-electron chi connectivity index (χ4n) is 5.46. The molecule has 2 fully saturated rings. The van der Waals surface area contributed by atoms with Gasteiger partial charge in [-0.1, -0.05) is 41.0 Å². The van der Waals surface area contributed by atoms with Gasteiger partial charge in [0.2, 0.25) is 0 Å². The molecule has 1 saturated heterocycles. The molecule has 2 aromatic heterocycles. The topological polar surface area (TPSA) is 180 Å². The number of hydrogen-bond donors (Lipinski definition) is 5. The van der Waals surface area contributed by atoms with Gasteiger partial charge in [-0.2, -0.15) is 0 Å². The third kappa shape index (κ3) is 5.84. The van der Waals surface area contributed by atoms with E-state index in [4.69, 9.17) is 22.1 Å². The number of benzene rings is 1. The van der Waals surface area contributed by atoms with E-state index in [1.807, 2.05) is 0 Å². The van der Waals surface area contributed by atoms with E-state index >= 15 is 0 Å². The maximum absolute atomic E-state index is 14.1. The lowest BCUT2D eigenvalue weighted by molar-refractivity contribution is -0.214. The van der Waals surface area contributed by atoms with Crippen LogP contribution in [0, 0.1) is 17.5 Å². The van der Waals surface area contributed by atoms with Crippen LogP contribution >= 0.6 is 22.9 Å². The Bertz CT molecular complexity index is 1420. The number of amides is 1. The van der Waals surface area contributed by atoms with Crippen molar-refractivity contribution in [1.82, 2.24) is 24.9 Å². The summed E-state index contributed by atoms with van der Waals surface area (Å²) in [6.07, 6.45) is -3.74. The van der Waals surface area contributed by atoms with Crippen molar-refractivity contribution in [1.29, 1.82) is 0 Å². The van der Waals surface area contributed by atoms with E-state index in [2.05, 4.69) is 15.3 Å². The summed E-state index contributed by atoms with van der Waals surface area (Å²) in [5.74, 6) is -5.33. The highest BCUT2D eigenvalue weighted by Gasteiger charge is 2.51. The van der Waals surface area contributed by atoms with Crippen molar-refractivity contribution in [2.45, 2.75) is 74.8 Å². The van der Waals surface area contributed by atoms with Crippen molar-refractivity contribution in [3.63, 3.8) is 0 Å². The first-order valence-electron chi connectivity index (χ1n) is 13.1. The van der Waals surface area contributed by atoms with E-state index in [9.17, 15) is 38.4 Å². The molecule has 1 aliphatic heterocycles. The summed E-state index contributed by atoms with van der Waals surface area (Å²) >= 11 is 7.27. The summed E-state index contributed by atoms with van der Waals surface area (Å²) in [4.78, 5) is 19.8. The second-order valence-corrected chi connectivity index (χ2v) is 11.7. The van der Waals surface area contributed by atoms with Crippen molar-refractivity contribution in [2.75, 3.05) is 12.3 Å². The van der Waals surface area contributed by atoms with Crippen LogP contribution in [0.1, 0.15) is 36.6 Å². The molecule has 3 aromatic rings. The number of ether oxygens (including phenoxy) is 1. The van der Waals surface area contributed by atoms with Crippen LogP contribution in [0.3, 0.4) is 0 Å². The predicted molar refractivity (Wildman–Crippen MR) is 142 cm³/mol. The van der Waals surface area contributed by atoms with Gasteiger partial charge in [-0.25, -0.2) is 22.8 Å². The largest absolute Gasteiger partial charge is 0.394 e. The molecule has 0 spiro atoms.